The van der Waals surface area contributed by atoms with Crippen molar-refractivity contribution in [2.75, 3.05) is 25.9 Å². The standard InChI is InChI=1S/C29H28ClF2N5S/c1-3-4-21-35-20-11-14(15-9-10-37(2)13-15)5-6-17-23(20)27(36-21)26(32)24(25(17)30)16-7-8-19(31)28-22(16)18(12-33)29(34)38-28/h7-8,14-15H,3-6,9-11,13,34H2,1-2H3. The second-order valence-electron chi connectivity index (χ2n) is 10.6. The highest BCUT2D eigenvalue weighted by molar-refractivity contribution is 7.23. The van der Waals surface area contributed by atoms with Crippen molar-refractivity contribution in [2.24, 2.45) is 11.8 Å². The van der Waals surface area contributed by atoms with E-state index in [9.17, 15) is 9.65 Å². The van der Waals surface area contributed by atoms with Gasteiger partial charge >= 0.3 is 0 Å². The van der Waals surface area contributed by atoms with Crippen LogP contribution in [-0.2, 0) is 19.3 Å². The number of likely N-dealkylation sites (tertiary alicyclic amines) is 1. The van der Waals surface area contributed by atoms with E-state index in [0.29, 0.717) is 46.8 Å². The number of nitriles is 1. The molecule has 2 unspecified atom stereocenters. The van der Waals surface area contributed by atoms with E-state index in [0.717, 1.165) is 61.4 Å². The molecule has 3 heterocycles. The fraction of sp³-hybridized carbons (Fsp3) is 0.414. The lowest BCUT2D eigenvalue weighted by atomic mass is 9.85. The van der Waals surface area contributed by atoms with E-state index in [1.165, 1.54) is 12.1 Å². The third-order valence-corrected chi connectivity index (χ3v) is 9.68. The number of anilines is 1. The Morgan fingerprint density at radius 2 is 2.03 bits per heavy atom. The number of halogens is 3. The number of thiophene rings is 1. The summed E-state index contributed by atoms with van der Waals surface area (Å²) in [6, 6.07) is 4.86. The Hall–Kier alpha value is -2.86. The minimum Gasteiger partial charge on any atom is -0.389 e. The number of hydrogen-bond donors (Lipinski definition) is 1. The highest BCUT2D eigenvalue weighted by Crippen LogP contribution is 2.48. The molecular weight excluding hydrogens is 524 g/mol. The molecule has 4 aromatic rings. The van der Waals surface area contributed by atoms with Gasteiger partial charge in [0.05, 0.1) is 21.0 Å². The fourth-order valence-electron chi connectivity index (χ4n) is 6.41. The van der Waals surface area contributed by atoms with Gasteiger partial charge in [-0.2, -0.15) is 5.26 Å². The van der Waals surface area contributed by atoms with E-state index in [4.69, 9.17) is 27.3 Å². The first kappa shape index (κ1) is 25.4. The molecule has 0 amide bonds. The number of nitrogens with zero attached hydrogens (tertiary/aromatic N) is 4. The molecule has 0 spiro atoms. The van der Waals surface area contributed by atoms with Crippen molar-refractivity contribution in [3.05, 3.63) is 51.4 Å². The van der Waals surface area contributed by atoms with Crippen molar-refractivity contribution in [3.63, 3.8) is 0 Å². The number of benzene rings is 2. The van der Waals surface area contributed by atoms with Crippen molar-refractivity contribution in [1.29, 1.82) is 5.26 Å². The van der Waals surface area contributed by atoms with Crippen molar-refractivity contribution in [1.82, 2.24) is 14.9 Å². The van der Waals surface area contributed by atoms with Gasteiger partial charge in [0.15, 0.2) is 5.82 Å². The number of hydrogen-bond acceptors (Lipinski definition) is 6. The summed E-state index contributed by atoms with van der Waals surface area (Å²) < 4.78 is 31.6. The first-order valence-electron chi connectivity index (χ1n) is 13.1. The van der Waals surface area contributed by atoms with Gasteiger partial charge in [-0.25, -0.2) is 18.7 Å². The number of nitrogen functional groups attached to an aromatic ring is 1. The van der Waals surface area contributed by atoms with Crippen LogP contribution in [0.2, 0.25) is 5.02 Å². The Morgan fingerprint density at radius 3 is 2.74 bits per heavy atom. The SMILES string of the molecule is CCCc1nc2c3c(c(Cl)c(-c4ccc(F)c5sc(N)c(C#N)c45)c(F)c3n1)CCC(C1CCN(C)C1)C2. The molecule has 2 atom stereocenters. The van der Waals surface area contributed by atoms with E-state index < -0.39 is 11.6 Å². The second-order valence-corrected chi connectivity index (χ2v) is 12.0. The molecule has 196 valence electrons. The smallest absolute Gasteiger partial charge is 0.158 e. The molecule has 1 fully saturated rings. The van der Waals surface area contributed by atoms with Crippen LogP contribution in [0.5, 0.6) is 0 Å². The van der Waals surface area contributed by atoms with Crippen molar-refractivity contribution >= 4 is 48.9 Å². The van der Waals surface area contributed by atoms with Gasteiger partial charge in [-0.15, -0.1) is 11.3 Å². The van der Waals surface area contributed by atoms with E-state index in [1.807, 2.05) is 0 Å². The molecule has 1 aliphatic heterocycles. The molecule has 38 heavy (non-hydrogen) atoms. The van der Waals surface area contributed by atoms with Crippen LogP contribution in [0.4, 0.5) is 13.8 Å². The molecule has 0 radical (unpaired) electrons. The number of aromatic nitrogens is 2. The van der Waals surface area contributed by atoms with Gasteiger partial charge in [0.25, 0.3) is 0 Å². The molecule has 2 aliphatic rings. The first-order chi connectivity index (χ1) is 18.3. The lowest BCUT2D eigenvalue weighted by Gasteiger charge is -2.22. The minimum absolute atomic E-state index is 0.140. The third kappa shape index (κ3) is 3.95. The van der Waals surface area contributed by atoms with Crippen LogP contribution < -0.4 is 5.73 Å². The molecule has 5 nitrogen and oxygen atoms in total. The molecule has 1 aliphatic carbocycles. The average Bonchev–Trinajstić information content (AvgIpc) is 3.41. The van der Waals surface area contributed by atoms with E-state index in [2.05, 4.69) is 24.9 Å². The summed E-state index contributed by atoms with van der Waals surface area (Å²) in [5.41, 5.74) is 8.70. The van der Waals surface area contributed by atoms with Crippen molar-refractivity contribution in [2.45, 2.75) is 45.4 Å². The molecule has 9 heteroatoms. The molecule has 1 saturated heterocycles. The zero-order valence-corrected chi connectivity index (χ0v) is 22.9. The summed E-state index contributed by atoms with van der Waals surface area (Å²) in [4.78, 5) is 12.0. The zero-order chi connectivity index (χ0) is 26.7. The van der Waals surface area contributed by atoms with Gasteiger partial charge in [-0.05, 0) is 74.7 Å². The Morgan fingerprint density at radius 1 is 1.21 bits per heavy atom. The first-order valence-corrected chi connectivity index (χ1v) is 14.3. The summed E-state index contributed by atoms with van der Waals surface area (Å²) in [6.07, 6.45) is 5.01. The van der Waals surface area contributed by atoms with Gasteiger partial charge in [-0.1, -0.05) is 24.6 Å². The highest BCUT2D eigenvalue weighted by atomic mass is 35.5. The van der Waals surface area contributed by atoms with Gasteiger partial charge in [-0.3, -0.25) is 0 Å². The Bertz CT molecular complexity index is 1640. The molecule has 2 N–H and O–H groups in total. The largest absolute Gasteiger partial charge is 0.389 e. The summed E-state index contributed by atoms with van der Waals surface area (Å²) in [6.45, 7) is 4.19. The number of aryl methyl sites for hydroxylation is 2. The van der Waals surface area contributed by atoms with E-state index >= 15 is 4.39 Å². The van der Waals surface area contributed by atoms with Gasteiger partial charge in [0.2, 0.25) is 0 Å². The van der Waals surface area contributed by atoms with Crippen LogP contribution in [-0.4, -0.2) is 35.0 Å². The minimum atomic E-state index is -0.560. The van der Waals surface area contributed by atoms with Crippen LogP contribution in [0.25, 0.3) is 32.1 Å². The lowest BCUT2D eigenvalue weighted by molar-refractivity contribution is 0.302. The number of nitrogens with two attached hydrogens (primary N) is 1. The Kier molecular flexibility index (Phi) is 6.50. The van der Waals surface area contributed by atoms with Crippen LogP contribution >= 0.6 is 22.9 Å². The summed E-state index contributed by atoms with van der Waals surface area (Å²) in [5.74, 6) is 0.536. The fourth-order valence-corrected chi connectivity index (χ4v) is 7.73. The predicted molar refractivity (Wildman–Crippen MR) is 150 cm³/mol. The van der Waals surface area contributed by atoms with Gasteiger partial charge in [0.1, 0.15) is 28.2 Å². The molecule has 0 bridgehead atoms. The van der Waals surface area contributed by atoms with Crippen molar-refractivity contribution in [3.8, 4) is 17.2 Å². The topological polar surface area (TPSA) is 78.8 Å². The van der Waals surface area contributed by atoms with Crippen molar-refractivity contribution < 1.29 is 8.78 Å². The molecule has 0 saturated carbocycles. The average molecular weight is 552 g/mol. The van der Waals surface area contributed by atoms with Crippen LogP contribution in [0, 0.1) is 34.8 Å². The van der Waals surface area contributed by atoms with E-state index in [1.54, 1.807) is 0 Å². The Labute approximate surface area is 229 Å². The quantitative estimate of drug-likeness (QED) is 0.298. The van der Waals surface area contributed by atoms with Gasteiger partial charge < -0.3 is 10.6 Å². The summed E-state index contributed by atoms with van der Waals surface area (Å²) >= 11 is 8.06. The van der Waals surface area contributed by atoms with E-state index in [-0.39, 0.29) is 31.4 Å². The van der Waals surface area contributed by atoms with Crippen LogP contribution in [0.15, 0.2) is 12.1 Å². The normalized spacial score (nSPS) is 19.8. The second kappa shape index (κ2) is 9.71. The Balaban J connectivity index is 1.63. The van der Waals surface area contributed by atoms with Crippen LogP contribution in [0.3, 0.4) is 0 Å². The number of fused-ring (bicyclic) bond motifs is 1. The molecular formula is C29H28ClF2N5S. The maximum Gasteiger partial charge on any atom is 0.158 e. The number of rotatable bonds is 4. The monoisotopic (exact) mass is 551 g/mol. The molecule has 2 aromatic carbocycles. The molecule has 2 aromatic heterocycles. The molecule has 6 rings (SSSR count). The zero-order valence-electron chi connectivity index (χ0n) is 21.4. The van der Waals surface area contributed by atoms with Crippen LogP contribution in [0.1, 0.15) is 48.8 Å². The highest BCUT2D eigenvalue weighted by Gasteiger charge is 2.34. The summed E-state index contributed by atoms with van der Waals surface area (Å²) in [5, 5.41) is 11.3. The lowest BCUT2D eigenvalue weighted by Crippen LogP contribution is -2.21. The third-order valence-electron chi connectivity index (χ3n) is 8.23. The summed E-state index contributed by atoms with van der Waals surface area (Å²) in [7, 11) is 2.16. The maximum absolute atomic E-state index is 16.6. The maximum atomic E-state index is 16.6. The predicted octanol–water partition coefficient (Wildman–Crippen LogP) is 6.91. The van der Waals surface area contributed by atoms with Gasteiger partial charge in [0, 0.05) is 29.3 Å².